The van der Waals surface area contributed by atoms with Gasteiger partial charge in [0, 0.05) is 5.56 Å². The Morgan fingerprint density at radius 2 is 1.78 bits per heavy atom. The molecule has 1 unspecified atom stereocenters. The summed E-state index contributed by atoms with van der Waals surface area (Å²) < 4.78 is 23.2. The number of sulfone groups is 1. The van der Waals surface area contributed by atoms with Gasteiger partial charge in [0.05, 0.1) is 16.7 Å². The van der Waals surface area contributed by atoms with Gasteiger partial charge in [0.1, 0.15) is 0 Å². The second-order valence-electron chi connectivity index (χ2n) is 4.07. The van der Waals surface area contributed by atoms with Crippen molar-refractivity contribution in [3.8, 4) is 0 Å². The van der Waals surface area contributed by atoms with E-state index in [1.807, 2.05) is 6.92 Å². The Kier molecular flexibility index (Phi) is 5.04. The lowest BCUT2D eigenvalue weighted by Crippen LogP contribution is -2.33. The highest BCUT2D eigenvalue weighted by molar-refractivity contribution is 7.91. The first-order valence-corrected chi connectivity index (χ1v) is 7.68. The first kappa shape index (κ1) is 14.9. The predicted molar refractivity (Wildman–Crippen MR) is 71.6 cm³/mol. The Bertz CT molecular complexity index is 506. The second kappa shape index (κ2) is 6.11. The second-order valence-corrected chi connectivity index (χ2v) is 6.35. The molecule has 0 aliphatic rings. The first-order valence-electron chi connectivity index (χ1n) is 6.02. The summed E-state index contributed by atoms with van der Waals surface area (Å²) in [4.78, 5) is 12.2. The van der Waals surface area contributed by atoms with Gasteiger partial charge in [0.15, 0.2) is 15.6 Å². The van der Waals surface area contributed by atoms with Crippen LogP contribution in [-0.2, 0) is 9.84 Å². The molecule has 0 spiro atoms. The third-order valence-electron chi connectivity index (χ3n) is 2.78. The van der Waals surface area contributed by atoms with Crippen molar-refractivity contribution in [1.82, 2.24) is 5.32 Å². The maximum absolute atomic E-state index is 12.0. The lowest BCUT2D eigenvalue weighted by atomic mass is 10.1. The van der Waals surface area contributed by atoms with Crippen molar-refractivity contribution in [3.63, 3.8) is 0 Å². The molecule has 0 saturated heterocycles. The third-order valence-corrected chi connectivity index (χ3v) is 4.53. The standard InChI is InChI=1S/C13H19NO3S/c1-4-14-10(3)13(15)11-6-8-12(9-7-11)18(16,17)5-2/h6-10,14H,4-5H2,1-3H3. The highest BCUT2D eigenvalue weighted by Crippen LogP contribution is 2.13. The Morgan fingerprint density at radius 3 is 2.22 bits per heavy atom. The maximum Gasteiger partial charge on any atom is 0.179 e. The molecule has 0 fully saturated rings. The summed E-state index contributed by atoms with van der Waals surface area (Å²) in [6.07, 6.45) is 0. The molecule has 0 saturated carbocycles. The van der Waals surface area contributed by atoms with E-state index in [0.29, 0.717) is 5.56 Å². The molecule has 0 heterocycles. The number of ketones is 1. The smallest absolute Gasteiger partial charge is 0.179 e. The van der Waals surface area contributed by atoms with Crippen molar-refractivity contribution in [2.45, 2.75) is 31.7 Å². The van der Waals surface area contributed by atoms with Crippen LogP contribution in [0, 0.1) is 0 Å². The van der Waals surface area contributed by atoms with Crippen LogP contribution in [0.15, 0.2) is 29.2 Å². The first-order chi connectivity index (χ1) is 8.42. The molecule has 1 aromatic rings. The topological polar surface area (TPSA) is 63.2 Å². The fourth-order valence-corrected chi connectivity index (χ4v) is 2.53. The summed E-state index contributed by atoms with van der Waals surface area (Å²) in [5.74, 6) is 0.0333. The molecule has 0 aliphatic carbocycles. The number of benzene rings is 1. The Morgan fingerprint density at radius 1 is 1.22 bits per heavy atom. The Balaban J connectivity index is 2.93. The van der Waals surface area contributed by atoms with E-state index in [2.05, 4.69) is 5.32 Å². The van der Waals surface area contributed by atoms with E-state index in [1.165, 1.54) is 12.1 Å². The molecule has 100 valence electrons. The monoisotopic (exact) mass is 269 g/mol. The highest BCUT2D eigenvalue weighted by Gasteiger charge is 2.16. The molecule has 4 nitrogen and oxygen atoms in total. The number of carbonyl (C=O) groups is 1. The number of Topliss-reactive ketones (excluding diaryl/α,β-unsaturated/α-hetero) is 1. The van der Waals surface area contributed by atoms with Gasteiger partial charge in [0.25, 0.3) is 0 Å². The molecular weight excluding hydrogens is 250 g/mol. The van der Waals surface area contributed by atoms with E-state index in [1.54, 1.807) is 26.0 Å². The number of hydrogen-bond donors (Lipinski definition) is 1. The average molecular weight is 269 g/mol. The molecule has 0 aromatic heterocycles. The number of hydrogen-bond acceptors (Lipinski definition) is 4. The molecule has 1 N–H and O–H groups in total. The van der Waals surface area contributed by atoms with Crippen molar-refractivity contribution >= 4 is 15.6 Å². The van der Waals surface area contributed by atoms with Crippen LogP contribution in [0.4, 0.5) is 0 Å². The Labute approximate surface area is 108 Å². The summed E-state index contributed by atoms with van der Waals surface area (Å²) in [7, 11) is -3.20. The van der Waals surface area contributed by atoms with Gasteiger partial charge in [-0.15, -0.1) is 0 Å². The van der Waals surface area contributed by atoms with Gasteiger partial charge in [0.2, 0.25) is 0 Å². The van der Waals surface area contributed by atoms with Crippen molar-refractivity contribution in [1.29, 1.82) is 0 Å². The molecule has 1 rings (SSSR count). The van der Waals surface area contributed by atoms with Gasteiger partial charge < -0.3 is 5.32 Å². The number of likely N-dealkylation sites (N-methyl/N-ethyl adjacent to an activating group) is 1. The van der Waals surface area contributed by atoms with E-state index in [9.17, 15) is 13.2 Å². The van der Waals surface area contributed by atoms with Crippen LogP contribution in [0.2, 0.25) is 0 Å². The molecule has 0 bridgehead atoms. The van der Waals surface area contributed by atoms with Crippen LogP contribution in [0.1, 0.15) is 31.1 Å². The zero-order valence-electron chi connectivity index (χ0n) is 10.9. The lowest BCUT2D eigenvalue weighted by molar-refractivity contribution is 0.0952. The van der Waals surface area contributed by atoms with Crippen LogP contribution in [0.3, 0.4) is 0 Å². The predicted octanol–water partition coefficient (Wildman–Crippen LogP) is 1.66. The van der Waals surface area contributed by atoms with Crippen LogP contribution < -0.4 is 5.32 Å². The Hall–Kier alpha value is -1.20. The van der Waals surface area contributed by atoms with Crippen LogP contribution >= 0.6 is 0 Å². The van der Waals surface area contributed by atoms with Gasteiger partial charge >= 0.3 is 0 Å². The average Bonchev–Trinajstić information content (AvgIpc) is 2.38. The summed E-state index contributed by atoms with van der Waals surface area (Å²) in [6, 6.07) is 5.86. The SMILES string of the molecule is CCNC(C)C(=O)c1ccc(S(=O)(=O)CC)cc1. The molecule has 1 aromatic carbocycles. The molecule has 0 aliphatic heterocycles. The number of rotatable bonds is 6. The van der Waals surface area contributed by atoms with Gasteiger partial charge in [-0.1, -0.05) is 26.0 Å². The molecular formula is C13H19NO3S. The van der Waals surface area contributed by atoms with Crippen molar-refractivity contribution in [2.75, 3.05) is 12.3 Å². The lowest BCUT2D eigenvalue weighted by Gasteiger charge is -2.11. The van der Waals surface area contributed by atoms with Crippen LogP contribution in [0.5, 0.6) is 0 Å². The molecule has 5 heteroatoms. The minimum atomic E-state index is -3.20. The number of carbonyl (C=O) groups excluding carboxylic acids is 1. The van der Waals surface area contributed by atoms with Crippen LogP contribution in [-0.4, -0.2) is 32.5 Å². The molecule has 0 radical (unpaired) electrons. The van der Waals surface area contributed by atoms with Crippen molar-refractivity contribution < 1.29 is 13.2 Å². The minimum absolute atomic E-state index is 0.0303. The van der Waals surface area contributed by atoms with E-state index >= 15 is 0 Å². The summed E-state index contributed by atoms with van der Waals surface area (Å²) >= 11 is 0. The summed E-state index contributed by atoms with van der Waals surface area (Å²) in [6.45, 7) is 6.04. The van der Waals surface area contributed by atoms with E-state index in [4.69, 9.17) is 0 Å². The van der Waals surface area contributed by atoms with Crippen molar-refractivity contribution in [3.05, 3.63) is 29.8 Å². The van der Waals surface area contributed by atoms with Gasteiger partial charge in [-0.05, 0) is 25.6 Å². The van der Waals surface area contributed by atoms with E-state index < -0.39 is 9.84 Å². The zero-order valence-corrected chi connectivity index (χ0v) is 11.8. The van der Waals surface area contributed by atoms with E-state index in [-0.39, 0.29) is 22.5 Å². The fourth-order valence-electron chi connectivity index (χ4n) is 1.64. The van der Waals surface area contributed by atoms with Crippen molar-refractivity contribution in [2.24, 2.45) is 0 Å². The third kappa shape index (κ3) is 3.40. The van der Waals surface area contributed by atoms with Gasteiger partial charge in [-0.25, -0.2) is 8.42 Å². The molecule has 18 heavy (non-hydrogen) atoms. The molecule has 1 atom stereocenters. The van der Waals surface area contributed by atoms with Gasteiger partial charge in [-0.3, -0.25) is 4.79 Å². The van der Waals surface area contributed by atoms with E-state index in [0.717, 1.165) is 6.54 Å². The normalized spacial score (nSPS) is 13.3. The largest absolute Gasteiger partial charge is 0.308 e. The maximum atomic E-state index is 12.0. The quantitative estimate of drug-likeness (QED) is 0.798. The molecule has 0 amide bonds. The van der Waals surface area contributed by atoms with Gasteiger partial charge in [-0.2, -0.15) is 0 Å². The number of nitrogens with one attached hydrogen (secondary N) is 1. The summed E-state index contributed by atoms with van der Waals surface area (Å²) in [5, 5.41) is 3.03. The highest BCUT2D eigenvalue weighted by atomic mass is 32.2. The zero-order chi connectivity index (χ0) is 13.8. The fraction of sp³-hybridized carbons (Fsp3) is 0.462. The minimum Gasteiger partial charge on any atom is -0.308 e. The van der Waals surface area contributed by atoms with Crippen LogP contribution in [0.25, 0.3) is 0 Å². The summed E-state index contributed by atoms with van der Waals surface area (Å²) in [5.41, 5.74) is 0.526.